The molecule has 7 heteroatoms. The molecule has 1 aliphatic rings. The van der Waals surface area contributed by atoms with E-state index in [1.807, 2.05) is 42.5 Å². The normalized spacial score (nSPS) is 15.5. The molecule has 1 unspecified atom stereocenters. The van der Waals surface area contributed by atoms with Crippen LogP contribution in [-0.2, 0) is 19.4 Å². The van der Waals surface area contributed by atoms with Crippen molar-refractivity contribution in [2.45, 2.75) is 32.8 Å². The van der Waals surface area contributed by atoms with Crippen molar-refractivity contribution in [2.24, 2.45) is 5.92 Å². The standard InChI is InChI=1S/C25H23BrN2O3S/c1-14-8-9-17-20(10-14)32-25-21(17)24(29)27-23(28-25)16-11-18(26)22(19(12-16)30-2)31-13-15-6-4-3-5-7-15/h3-7,11-12,14H,8-10,13H2,1-2H3,(H,27,28,29). The molecule has 164 valence electrons. The molecular weight excluding hydrogens is 488 g/mol. The highest BCUT2D eigenvalue weighted by atomic mass is 79.9. The van der Waals surface area contributed by atoms with Gasteiger partial charge in [-0.2, -0.15) is 0 Å². The van der Waals surface area contributed by atoms with Gasteiger partial charge in [0.2, 0.25) is 0 Å². The second kappa shape index (κ2) is 8.71. The van der Waals surface area contributed by atoms with Crippen LogP contribution in [0.4, 0.5) is 0 Å². The van der Waals surface area contributed by atoms with Gasteiger partial charge in [0, 0.05) is 10.4 Å². The molecule has 1 atom stereocenters. The van der Waals surface area contributed by atoms with Gasteiger partial charge >= 0.3 is 0 Å². The van der Waals surface area contributed by atoms with E-state index in [2.05, 4.69) is 27.8 Å². The number of H-pyrrole nitrogens is 1. The van der Waals surface area contributed by atoms with Crippen LogP contribution in [0.5, 0.6) is 11.5 Å². The molecule has 4 aromatic rings. The van der Waals surface area contributed by atoms with Gasteiger partial charge in [-0.25, -0.2) is 4.98 Å². The van der Waals surface area contributed by atoms with Gasteiger partial charge in [-0.3, -0.25) is 4.79 Å². The Bertz CT molecular complexity index is 1350. The number of aromatic nitrogens is 2. The summed E-state index contributed by atoms with van der Waals surface area (Å²) in [4.78, 5) is 22.9. The number of aryl methyl sites for hydroxylation is 1. The SMILES string of the molecule is COc1cc(-c2nc3sc4c(c3c(=O)[nH]2)CCC(C)C4)cc(Br)c1OCc1ccccc1. The van der Waals surface area contributed by atoms with Crippen LogP contribution in [0.2, 0.25) is 0 Å². The van der Waals surface area contributed by atoms with E-state index in [0.29, 0.717) is 29.8 Å². The smallest absolute Gasteiger partial charge is 0.260 e. The minimum absolute atomic E-state index is 0.0726. The molecule has 32 heavy (non-hydrogen) atoms. The van der Waals surface area contributed by atoms with E-state index in [0.717, 1.165) is 45.1 Å². The fourth-order valence-electron chi connectivity index (χ4n) is 4.21. The molecule has 1 N–H and O–H groups in total. The first-order chi connectivity index (χ1) is 15.5. The van der Waals surface area contributed by atoms with Gasteiger partial charge in [0.25, 0.3) is 5.56 Å². The summed E-state index contributed by atoms with van der Waals surface area (Å²) in [6.07, 6.45) is 3.10. The predicted octanol–water partition coefficient (Wildman–Crippen LogP) is 6.13. The zero-order valence-electron chi connectivity index (χ0n) is 17.9. The molecule has 2 heterocycles. The number of hydrogen-bond donors (Lipinski definition) is 1. The van der Waals surface area contributed by atoms with Gasteiger partial charge in [0.1, 0.15) is 17.3 Å². The predicted molar refractivity (Wildman–Crippen MR) is 132 cm³/mol. The number of fused-ring (bicyclic) bond motifs is 3. The monoisotopic (exact) mass is 510 g/mol. The lowest BCUT2D eigenvalue weighted by molar-refractivity contribution is 0.282. The van der Waals surface area contributed by atoms with E-state index in [-0.39, 0.29) is 5.56 Å². The lowest BCUT2D eigenvalue weighted by atomic mass is 9.89. The molecule has 0 aliphatic heterocycles. The van der Waals surface area contributed by atoms with Crippen LogP contribution in [0.3, 0.4) is 0 Å². The zero-order valence-corrected chi connectivity index (χ0v) is 20.3. The van der Waals surface area contributed by atoms with Crippen molar-refractivity contribution in [3.63, 3.8) is 0 Å². The van der Waals surface area contributed by atoms with E-state index in [1.165, 1.54) is 10.4 Å². The van der Waals surface area contributed by atoms with Gasteiger partial charge in [0.05, 0.1) is 17.0 Å². The number of rotatable bonds is 5. The molecule has 0 spiro atoms. The third-order valence-electron chi connectivity index (χ3n) is 5.89. The van der Waals surface area contributed by atoms with Crippen molar-refractivity contribution in [2.75, 3.05) is 7.11 Å². The number of ether oxygens (including phenoxy) is 2. The summed E-state index contributed by atoms with van der Waals surface area (Å²) < 4.78 is 12.4. The van der Waals surface area contributed by atoms with Gasteiger partial charge in [-0.15, -0.1) is 11.3 Å². The number of aromatic amines is 1. The van der Waals surface area contributed by atoms with Gasteiger partial charge in [-0.1, -0.05) is 37.3 Å². The second-order valence-corrected chi connectivity index (χ2v) is 10.1. The minimum Gasteiger partial charge on any atom is -0.493 e. The Labute approximate surface area is 198 Å². The Morgan fingerprint density at radius 1 is 1.25 bits per heavy atom. The summed E-state index contributed by atoms with van der Waals surface area (Å²) in [6.45, 7) is 2.69. The third-order valence-corrected chi connectivity index (χ3v) is 7.63. The molecule has 0 fully saturated rings. The van der Waals surface area contributed by atoms with Crippen LogP contribution in [0.1, 0.15) is 29.3 Å². The summed E-state index contributed by atoms with van der Waals surface area (Å²) in [6, 6.07) is 13.7. The summed E-state index contributed by atoms with van der Waals surface area (Å²) in [5, 5.41) is 0.759. The van der Waals surface area contributed by atoms with Crippen LogP contribution in [0.15, 0.2) is 51.7 Å². The highest BCUT2D eigenvalue weighted by Crippen LogP contribution is 2.40. The number of nitrogens with one attached hydrogen (secondary N) is 1. The van der Waals surface area contributed by atoms with Crippen molar-refractivity contribution >= 4 is 37.5 Å². The number of halogens is 1. The highest BCUT2D eigenvalue weighted by molar-refractivity contribution is 9.10. The Balaban J connectivity index is 1.52. The number of nitrogens with zero attached hydrogens (tertiary/aromatic N) is 1. The zero-order chi connectivity index (χ0) is 22.2. The van der Waals surface area contributed by atoms with Crippen molar-refractivity contribution in [3.05, 3.63) is 73.3 Å². The van der Waals surface area contributed by atoms with Crippen molar-refractivity contribution in [1.82, 2.24) is 9.97 Å². The maximum absolute atomic E-state index is 13.0. The quantitative estimate of drug-likeness (QED) is 0.350. The Morgan fingerprint density at radius 3 is 2.84 bits per heavy atom. The highest BCUT2D eigenvalue weighted by Gasteiger charge is 2.23. The van der Waals surface area contributed by atoms with Crippen molar-refractivity contribution < 1.29 is 9.47 Å². The summed E-state index contributed by atoms with van der Waals surface area (Å²) in [5.74, 6) is 2.37. The van der Waals surface area contributed by atoms with Crippen LogP contribution in [0, 0.1) is 5.92 Å². The minimum atomic E-state index is -0.0726. The van der Waals surface area contributed by atoms with E-state index in [4.69, 9.17) is 14.5 Å². The summed E-state index contributed by atoms with van der Waals surface area (Å²) >= 11 is 5.26. The van der Waals surface area contributed by atoms with E-state index < -0.39 is 0 Å². The molecule has 0 radical (unpaired) electrons. The lowest BCUT2D eigenvalue weighted by Gasteiger charge is -2.17. The molecule has 2 aromatic heterocycles. The average Bonchev–Trinajstić information content (AvgIpc) is 3.16. The Morgan fingerprint density at radius 2 is 2.06 bits per heavy atom. The van der Waals surface area contributed by atoms with E-state index in [1.54, 1.807) is 18.4 Å². The average molecular weight is 511 g/mol. The fourth-order valence-corrected chi connectivity index (χ4v) is 6.15. The fraction of sp³-hybridized carbons (Fsp3) is 0.280. The Kier molecular flexibility index (Phi) is 5.78. The topological polar surface area (TPSA) is 64.2 Å². The van der Waals surface area contributed by atoms with E-state index >= 15 is 0 Å². The number of benzene rings is 2. The summed E-state index contributed by atoms with van der Waals surface area (Å²) in [7, 11) is 1.61. The molecule has 0 amide bonds. The van der Waals surface area contributed by atoms with Crippen molar-refractivity contribution in [3.8, 4) is 22.9 Å². The molecular formula is C25H23BrN2O3S. The Hall–Kier alpha value is -2.64. The molecule has 5 nitrogen and oxygen atoms in total. The van der Waals surface area contributed by atoms with Gasteiger partial charge in [-0.05, 0) is 64.4 Å². The van der Waals surface area contributed by atoms with Crippen LogP contribution in [-0.4, -0.2) is 17.1 Å². The first-order valence-corrected chi connectivity index (χ1v) is 12.2. The maximum atomic E-state index is 13.0. The number of methoxy groups -OCH3 is 1. The van der Waals surface area contributed by atoms with Gasteiger partial charge < -0.3 is 14.5 Å². The number of hydrogen-bond acceptors (Lipinski definition) is 5. The first-order valence-electron chi connectivity index (χ1n) is 10.6. The van der Waals surface area contributed by atoms with Gasteiger partial charge in [0.15, 0.2) is 11.5 Å². The molecule has 0 bridgehead atoms. The maximum Gasteiger partial charge on any atom is 0.260 e. The van der Waals surface area contributed by atoms with Crippen LogP contribution < -0.4 is 15.0 Å². The van der Waals surface area contributed by atoms with Crippen LogP contribution in [0.25, 0.3) is 21.6 Å². The second-order valence-electron chi connectivity index (χ2n) is 8.21. The molecule has 0 saturated carbocycles. The third kappa shape index (κ3) is 3.95. The molecule has 0 saturated heterocycles. The molecule has 2 aromatic carbocycles. The summed E-state index contributed by atoms with van der Waals surface area (Å²) in [5.41, 5.74) is 2.95. The van der Waals surface area contributed by atoms with E-state index in [9.17, 15) is 4.79 Å². The van der Waals surface area contributed by atoms with Crippen LogP contribution >= 0.6 is 27.3 Å². The molecule has 5 rings (SSSR count). The first kappa shape index (κ1) is 21.2. The number of thiophene rings is 1. The molecule has 1 aliphatic carbocycles. The largest absolute Gasteiger partial charge is 0.493 e. The lowest BCUT2D eigenvalue weighted by Crippen LogP contribution is -2.13. The van der Waals surface area contributed by atoms with Crippen molar-refractivity contribution in [1.29, 1.82) is 0 Å².